The smallest absolute Gasteiger partial charge is 0.289 e. The Hall–Kier alpha value is -2.91. The number of benzene rings is 1. The van der Waals surface area contributed by atoms with E-state index in [9.17, 15) is 24.0 Å². The van der Waals surface area contributed by atoms with E-state index in [1.54, 1.807) is 23.1 Å². The Balaban J connectivity index is 1.36. The van der Waals surface area contributed by atoms with Crippen LogP contribution in [0.15, 0.2) is 18.2 Å². The molecule has 0 bridgehead atoms. The van der Waals surface area contributed by atoms with Gasteiger partial charge in [-0.05, 0) is 80.9 Å². The molecule has 9 nitrogen and oxygen atoms in total. The Morgan fingerprint density at radius 3 is 2.58 bits per heavy atom. The highest BCUT2D eigenvalue weighted by Gasteiger charge is 2.50. The second-order valence-corrected chi connectivity index (χ2v) is 13.6. The number of ketones is 2. The molecule has 3 N–H and O–H groups in total. The molecule has 11 heteroatoms. The third kappa shape index (κ3) is 6.93. The van der Waals surface area contributed by atoms with E-state index in [1.807, 2.05) is 0 Å². The summed E-state index contributed by atoms with van der Waals surface area (Å²) in [6, 6.07) is 3.03. The van der Waals surface area contributed by atoms with Gasteiger partial charge in [-0.3, -0.25) is 24.0 Å². The lowest BCUT2D eigenvalue weighted by Crippen LogP contribution is -2.55. The number of nitrogens with one attached hydrogen (secondary N) is 3. The quantitative estimate of drug-likeness (QED) is 0.236. The molecule has 5 atom stereocenters. The van der Waals surface area contributed by atoms with Gasteiger partial charge in [0.15, 0.2) is 0 Å². The largest absolute Gasteiger partial charge is 0.350 e. The maximum Gasteiger partial charge on any atom is 0.289 e. The highest BCUT2D eigenvalue weighted by Crippen LogP contribution is 2.43. The molecule has 1 saturated heterocycles. The summed E-state index contributed by atoms with van der Waals surface area (Å²) >= 11 is 12.5. The van der Waals surface area contributed by atoms with Crippen molar-refractivity contribution in [2.45, 2.75) is 83.7 Å². The number of hydrogen-bond donors (Lipinski definition) is 3. The molecule has 5 rings (SSSR count). The fourth-order valence-corrected chi connectivity index (χ4v) is 7.70. The summed E-state index contributed by atoms with van der Waals surface area (Å²) < 4.78 is 0. The van der Waals surface area contributed by atoms with Crippen LogP contribution >= 0.6 is 23.2 Å². The van der Waals surface area contributed by atoms with Gasteiger partial charge >= 0.3 is 0 Å². The number of nitrogens with zero attached hydrogens (tertiary/aromatic N) is 1. The Kier molecular flexibility index (Phi) is 9.81. The summed E-state index contributed by atoms with van der Waals surface area (Å²) in [5, 5.41) is 7.04. The fraction of sp³-hybridized carbons (Fsp3) is 0.594. The first-order valence-electron chi connectivity index (χ1n) is 15.5. The Morgan fingerprint density at radius 2 is 1.86 bits per heavy atom. The van der Waals surface area contributed by atoms with Crippen LogP contribution in [-0.2, 0) is 19.2 Å². The number of aromatic nitrogens is 1. The highest BCUT2D eigenvalue weighted by molar-refractivity contribution is 6.39. The average Bonchev–Trinajstić information content (AvgIpc) is 3.74. The second-order valence-electron chi connectivity index (χ2n) is 12.8. The number of aromatic amines is 1. The molecule has 1 aromatic carbocycles. The molecule has 2 heterocycles. The minimum Gasteiger partial charge on any atom is -0.350 e. The van der Waals surface area contributed by atoms with Crippen molar-refractivity contribution in [2.24, 2.45) is 23.7 Å². The van der Waals surface area contributed by atoms with Crippen LogP contribution in [0.2, 0.25) is 10.0 Å². The second kappa shape index (κ2) is 13.4. The Labute approximate surface area is 261 Å². The SMILES string of the molecule is CC(C)CCCNC(=O)C(=O)C(CC1CCCC1=O)NC(=O)C1C2CCCC2CN1C(=O)c1cc2c(Cl)cc(Cl)cc2[nH]1. The normalized spacial score (nSPS) is 24.0. The molecule has 2 saturated carbocycles. The van der Waals surface area contributed by atoms with E-state index in [0.29, 0.717) is 58.5 Å². The number of halogens is 2. The molecule has 1 aliphatic heterocycles. The standard InChI is InChI=1S/C32H40Cl2N4O5/c1-17(2)6-5-11-35-31(42)29(40)25(12-18-7-4-10-27(18)39)37-30(41)28-21-9-3-8-19(21)16-38(28)32(43)26-15-22-23(34)13-20(33)14-24(22)36-26/h13-15,17-19,21,25,28,36H,3-12,16H2,1-2H3,(H,35,42)(H,37,41). The van der Waals surface area contributed by atoms with Crippen molar-refractivity contribution in [3.05, 3.63) is 33.9 Å². The van der Waals surface area contributed by atoms with E-state index in [-0.39, 0.29) is 35.9 Å². The monoisotopic (exact) mass is 630 g/mol. The first-order chi connectivity index (χ1) is 20.5. The Morgan fingerprint density at radius 1 is 1.07 bits per heavy atom. The Bertz CT molecular complexity index is 1420. The summed E-state index contributed by atoms with van der Waals surface area (Å²) in [7, 11) is 0. The number of Topliss-reactive ketones (excluding diaryl/α,β-unsaturated/α-hetero) is 2. The predicted octanol–water partition coefficient (Wildman–Crippen LogP) is 5.08. The first kappa shape index (κ1) is 31.5. The molecule has 2 aromatic rings. The number of H-pyrrole nitrogens is 1. The highest BCUT2D eigenvalue weighted by atomic mass is 35.5. The van der Waals surface area contributed by atoms with Gasteiger partial charge in [0.25, 0.3) is 11.8 Å². The van der Waals surface area contributed by atoms with Crippen LogP contribution in [0.5, 0.6) is 0 Å². The lowest BCUT2D eigenvalue weighted by Gasteiger charge is -2.29. The summed E-state index contributed by atoms with van der Waals surface area (Å²) in [4.78, 5) is 71.3. The topological polar surface area (TPSA) is 128 Å². The zero-order valence-electron chi connectivity index (χ0n) is 24.7. The summed E-state index contributed by atoms with van der Waals surface area (Å²) in [6.07, 6.45) is 6.18. The van der Waals surface area contributed by atoms with E-state index in [4.69, 9.17) is 23.2 Å². The number of rotatable bonds is 11. The van der Waals surface area contributed by atoms with E-state index >= 15 is 0 Å². The fourth-order valence-electron chi connectivity index (χ4n) is 7.15. The lowest BCUT2D eigenvalue weighted by atomic mass is 9.91. The molecule has 0 spiro atoms. The maximum absolute atomic E-state index is 14.0. The van der Waals surface area contributed by atoms with Crippen LogP contribution in [0.25, 0.3) is 10.9 Å². The van der Waals surface area contributed by atoms with Gasteiger partial charge in [0.2, 0.25) is 11.7 Å². The molecule has 5 unspecified atom stereocenters. The van der Waals surface area contributed by atoms with Gasteiger partial charge in [0.1, 0.15) is 17.5 Å². The van der Waals surface area contributed by atoms with Gasteiger partial charge in [-0.2, -0.15) is 0 Å². The zero-order chi connectivity index (χ0) is 30.8. The predicted molar refractivity (Wildman–Crippen MR) is 165 cm³/mol. The van der Waals surface area contributed by atoms with Gasteiger partial charge < -0.3 is 20.5 Å². The molecule has 232 valence electrons. The van der Waals surface area contributed by atoms with Crippen LogP contribution in [0.4, 0.5) is 0 Å². The van der Waals surface area contributed by atoms with Gasteiger partial charge in [-0.15, -0.1) is 0 Å². The lowest BCUT2D eigenvalue weighted by molar-refractivity contribution is -0.141. The van der Waals surface area contributed by atoms with Crippen LogP contribution in [0.1, 0.15) is 82.1 Å². The summed E-state index contributed by atoms with van der Waals surface area (Å²) in [5.41, 5.74) is 0.912. The molecule has 3 aliphatic rings. The van der Waals surface area contributed by atoms with Gasteiger partial charge in [0, 0.05) is 41.4 Å². The minimum atomic E-state index is -1.14. The first-order valence-corrected chi connectivity index (χ1v) is 16.2. The molecule has 0 radical (unpaired) electrons. The van der Waals surface area contributed by atoms with Crippen molar-refractivity contribution < 1.29 is 24.0 Å². The maximum atomic E-state index is 14.0. The van der Waals surface area contributed by atoms with Gasteiger partial charge in [0.05, 0.1) is 11.1 Å². The van der Waals surface area contributed by atoms with Gasteiger partial charge in [-0.1, -0.05) is 43.5 Å². The van der Waals surface area contributed by atoms with Crippen molar-refractivity contribution in [3.8, 4) is 0 Å². The number of amides is 3. The van der Waals surface area contributed by atoms with Crippen molar-refractivity contribution in [3.63, 3.8) is 0 Å². The molecular weight excluding hydrogens is 591 g/mol. The average molecular weight is 632 g/mol. The molecular formula is C32H40Cl2N4O5. The molecule has 43 heavy (non-hydrogen) atoms. The number of hydrogen-bond acceptors (Lipinski definition) is 5. The third-order valence-electron chi connectivity index (χ3n) is 9.35. The zero-order valence-corrected chi connectivity index (χ0v) is 26.2. The molecule has 1 aromatic heterocycles. The summed E-state index contributed by atoms with van der Waals surface area (Å²) in [5.74, 6) is -2.06. The number of carbonyl (C=O) groups excluding carboxylic acids is 5. The summed E-state index contributed by atoms with van der Waals surface area (Å²) in [6.45, 7) is 4.96. The van der Waals surface area contributed by atoms with E-state index in [0.717, 1.165) is 38.5 Å². The van der Waals surface area contributed by atoms with Crippen molar-refractivity contribution in [2.75, 3.05) is 13.1 Å². The van der Waals surface area contributed by atoms with Crippen molar-refractivity contribution in [1.82, 2.24) is 20.5 Å². The van der Waals surface area contributed by atoms with Crippen LogP contribution in [0, 0.1) is 23.7 Å². The van der Waals surface area contributed by atoms with Crippen LogP contribution in [-0.4, -0.2) is 64.3 Å². The molecule has 3 fully saturated rings. The number of fused-ring (bicyclic) bond motifs is 2. The van der Waals surface area contributed by atoms with Crippen LogP contribution < -0.4 is 10.6 Å². The number of likely N-dealkylation sites (tertiary alicyclic amines) is 1. The van der Waals surface area contributed by atoms with Crippen molar-refractivity contribution >= 4 is 63.4 Å². The van der Waals surface area contributed by atoms with E-state index in [2.05, 4.69) is 29.5 Å². The van der Waals surface area contributed by atoms with E-state index in [1.165, 1.54) is 0 Å². The van der Waals surface area contributed by atoms with Crippen LogP contribution in [0.3, 0.4) is 0 Å². The third-order valence-corrected chi connectivity index (χ3v) is 9.89. The minimum absolute atomic E-state index is 0.0514. The number of carbonyl (C=O) groups is 5. The van der Waals surface area contributed by atoms with E-state index < -0.39 is 29.7 Å². The molecule has 2 aliphatic carbocycles. The molecule has 3 amide bonds. The van der Waals surface area contributed by atoms with Gasteiger partial charge in [-0.25, -0.2) is 0 Å². The van der Waals surface area contributed by atoms with Crippen molar-refractivity contribution in [1.29, 1.82) is 0 Å².